The summed E-state index contributed by atoms with van der Waals surface area (Å²) in [6.07, 6.45) is 0.585. The fourth-order valence-electron chi connectivity index (χ4n) is 5.53. The first kappa shape index (κ1) is 31.1. The van der Waals surface area contributed by atoms with Crippen molar-refractivity contribution < 1.29 is 24.3 Å². The molecule has 3 N–H and O–H groups in total. The van der Waals surface area contributed by atoms with Crippen LogP contribution >= 0.6 is 11.3 Å². The average Bonchev–Trinajstić information content (AvgIpc) is 3.42. The van der Waals surface area contributed by atoms with Crippen LogP contribution in [-0.4, -0.2) is 50.4 Å². The first-order valence-electron chi connectivity index (χ1n) is 14.1. The third-order valence-electron chi connectivity index (χ3n) is 7.62. The second-order valence-corrected chi connectivity index (χ2v) is 12.6. The smallest absolute Gasteiger partial charge is 0.266 e. The lowest BCUT2D eigenvalue weighted by molar-refractivity contribution is -0.145. The number of benzene rings is 1. The molecule has 1 fully saturated rings. The lowest BCUT2D eigenvalue weighted by Gasteiger charge is -2.31. The van der Waals surface area contributed by atoms with E-state index in [-0.39, 0.29) is 30.7 Å². The number of ether oxygens (including phenoxy) is 1. The van der Waals surface area contributed by atoms with E-state index >= 15 is 0 Å². The minimum Gasteiger partial charge on any atom is -0.489 e. The maximum absolute atomic E-state index is 14.2. The van der Waals surface area contributed by atoms with Crippen molar-refractivity contribution in [3.8, 4) is 5.75 Å². The quantitative estimate of drug-likeness (QED) is 0.215. The number of carbonyl (C=O) groups is 3. The molecule has 224 valence electrons. The Hall–Kier alpha value is -3.83. The minimum atomic E-state index is -1.20. The van der Waals surface area contributed by atoms with E-state index < -0.39 is 17.4 Å². The number of amides is 3. The Kier molecular flexibility index (Phi) is 9.63. The van der Waals surface area contributed by atoms with Crippen molar-refractivity contribution in [1.29, 1.82) is 0 Å². The van der Waals surface area contributed by atoms with Crippen LogP contribution in [0.15, 0.2) is 36.4 Å². The second kappa shape index (κ2) is 13.0. The normalized spacial score (nSPS) is 17.4. The summed E-state index contributed by atoms with van der Waals surface area (Å²) in [4.78, 5) is 51.5. The molecule has 2 atom stereocenters. The van der Waals surface area contributed by atoms with Gasteiger partial charge in [-0.1, -0.05) is 26.0 Å². The lowest BCUT2D eigenvalue weighted by atomic mass is 9.75. The first-order valence-corrected chi connectivity index (χ1v) is 14.9. The fourth-order valence-corrected chi connectivity index (χ4v) is 6.36. The topological polar surface area (TPSA) is 134 Å². The van der Waals surface area contributed by atoms with Gasteiger partial charge in [-0.05, 0) is 81.8 Å². The number of hydrogen-bond donors (Lipinski definition) is 3. The van der Waals surface area contributed by atoms with Crippen LogP contribution in [-0.2, 0) is 26.4 Å². The molecular weight excluding hydrogens is 554 g/mol. The number of hydrogen-bond acceptors (Lipinski definition) is 8. The summed E-state index contributed by atoms with van der Waals surface area (Å²) in [6.45, 7) is 12.2. The molecule has 1 saturated heterocycles. The number of rotatable bonds is 11. The van der Waals surface area contributed by atoms with E-state index in [0.717, 1.165) is 27.5 Å². The van der Waals surface area contributed by atoms with Gasteiger partial charge in [0.15, 0.2) is 5.13 Å². The summed E-state index contributed by atoms with van der Waals surface area (Å²) in [6, 6.07) is 10.3. The summed E-state index contributed by atoms with van der Waals surface area (Å²) in [7, 11) is 0. The van der Waals surface area contributed by atoms with Crippen molar-refractivity contribution in [2.45, 2.75) is 78.9 Å². The van der Waals surface area contributed by atoms with Crippen LogP contribution in [0.1, 0.15) is 66.2 Å². The highest BCUT2D eigenvalue weighted by Gasteiger charge is 2.52. The fraction of sp³-hybridized carbons (Fsp3) is 0.452. The Morgan fingerprint density at radius 1 is 1.10 bits per heavy atom. The molecule has 2 unspecified atom stereocenters. The third kappa shape index (κ3) is 6.96. The lowest BCUT2D eigenvalue weighted by Crippen LogP contribution is -2.50. The number of nitrogens with zero attached hydrogens (tertiary/aromatic N) is 3. The molecule has 3 amide bonds. The van der Waals surface area contributed by atoms with Crippen LogP contribution in [0.2, 0.25) is 0 Å². The molecule has 4 rings (SSSR count). The van der Waals surface area contributed by atoms with Gasteiger partial charge in [0.2, 0.25) is 11.8 Å². The van der Waals surface area contributed by atoms with Crippen molar-refractivity contribution in [2.24, 2.45) is 5.92 Å². The Morgan fingerprint density at radius 2 is 1.76 bits per heavy atom. The molecule has 3 aromatic rings. The Bertz CT molecular complexity index is 1410. The van der Waals surface area contributed by atoms with Crippen LogP contribution in [0.5, 0.6) is 5.75 Å². The number of thiazole rings is 1. The number of aryl methyl sites for hydroxylation is 4. The standard InChI is InChI=1S/C31H39N5O5S/c1-18(2)13-26(28(38)35-40)36-12-11-31(29(36)39,16-27(37)34-30-33-21(5)22(6)42-30)24-7-9-25(10-8-24)41-17-23-14-19(3)32-20(4)15-23/h7-10,14-15,18,26,40H,11-13,16-17H2,1-6H3,(H,35,38)(H,33,34,37). The molecule has 1 aliphatic rings. The number of aromatic nitrogens is 2. The number of anilines is 1. The van der Waals surface area contributed by atoms with Crippen molar-refractivity contribution >= 4 is 34.2 Å². The Labute approximate surface area is 250 Å². The zero-order valence-corrected chi connectivity index (χ0v) is 25.8. The highest BCUT2D eigenvalue weighted by atomic mass is 32.1. The number of carbonyl (C=O) groups excluding carboxylic acids is 3. The maximum atomic E-state index is 14.2. The monoisotopic (exact) mass is 593 g/mol. The van der Waals surface area contributed by atoms with E-state index in [1.807, 2.05) is 65.8 Å². The van der Waals surface area contributed by atoms with Gasteiger partial charge in [0.05, 0.1) is 11.1 Å². The predicted octanol–water partition coefficient (Wildman–Crippen LogP) is 4.77. The van der Waals surface area contributed by atoms with E-state index in [4.69, 9.17) is 4.74 Å². The largest absolute Gasteiger partial charge is 0.489 e. The van der Waals surface area contributed by atoms with E-state index in [9.17, 15) is 19.6 Å². The van der Waals surface area contributed by atoms with Crippen LogP contribution in [0.3, 0.4) is 0 Å². The van der Waals surface area contributed by atoms with Gasteiger partial charge >= 0.3 is 0 Å². The van der Waals surface area contributed by atoms with Crippen LogP contribution in [0.25, 0.3) is 0 Å². The van der Waals surface area contributed by atoms with Gasteiger partial charge in [-0.15, -0.1) is 11.3 Å². The van der Waals surface area contributed by atoms with E-state index in [2.05, 4.69) is 15.3 Å². The van der Waals surface area contributed by atoms with Gasteiger partial charge < -0.3 is 15.0 Å². The predicted molar refractivity (Wildman–Crippen MR) is 160 cm³/mol. The molecule has 1 aliphatic heterocycles. The average molecular weight is 594 g/mol. The Morgan fingerprint density at radius 3 is 2.33 bits per heavy atom. The highest BCUT2D eigenvalue weighted by Crippen LogP contribution is 2.41. The number of pyridine rings is 1. The summed E-state index contributed by atoms with van der Waals surface area (Å²) in [5, 5.41) is 12.8. The first-order chi connectivity index (χ1) is 19.9. The third-order valence-corrected chi connectivity index (χ3v) is 8.61. The minimum absolute atomic E-state index is 0.0965. The molecular formula is C31H39N5O5S. The van der Waals surface area contributed by atoms with Gasteiger partial charge in [0, 0.05) is 29.2 Å². The van der Waals surface area contributed by atoms with Gasteiger partial charge in [-0.25, -0.2) is 10.5 Å². The molecule has 0 bridgehead atoms. The van der Waals surface area contributed by atoms with Gasteiger partial charge in [-0.3, -0.25) is 24.6 Å². The van der Waals surface area contributed by atoms with Crippen LogP contribution in [0.4, 0.5) is 5.13 Å². The highest BCUT2D eigenvalue weighted by molar-refractivity contribution is 7.15. The van der Waals surface area contributed by atoms with Crippen molar-refractivity contribution in [3.63, 3.8) is 0 Å². The van der Waals surface area contributed by atoms with Gasteiger partial charge in [0.25, 0.3) is 5.91 Å². The summed E-state index contributed by atoms with van der Waals surface area (Å²) >= 11 is 1.38. The molecule has 0 aliphatic carbocycles. The molecule has 10 nitrogen and oxygen atoms in total. The molecule has 11 heteroatoms. The Balaban J connectivity index is 1.61. The van der Waals surface area contributed by atoms with E-state index in [0.29, 0.717) is 35.9 Å². The number of likely N-dealkylation sites (tertiary alicyclic amines) is 1. The summed E-state index contributed by atoms with van der Waals surface area (Å²) < 4.78 is 6.01. The van der Waals surface area contributed by atoms with Crippen molar-refractivity contribution in [3.05, 3.63) is 69.5 Å². The zero-order chi connectivity index (χ0) is 30.6. The second-order valence-electron chi connectivity index (χ2n) is 11.4. The zero-order valence-electron chi connectivity index (χ0n) is 25.0. The van der Waals surface area contributed by atoms with E-state index in [1.165, 1.54) is 16.2 Å². The van der Waals surface area contributed by atoms with Crippen LogP contribution in [0, 0.1) is 33.6 Å². The van der Waals surface area contributed by atoms with Crippen molar-refractivity contribution in [2.75, 3.05) is 11.9 Å². The molecule has 0 radical (unpaired) electrons. The summed E-state index contributed by atoms with van der Waals surface area (Å²) in [5.74, 6) is -0.584. The molecule has 42 heavy (non-hydrogen) atoms. The number of nitrogens with one attached hydrogen (secondary N) is 2. The molecule has 1 aromatic carbocycles. The molecule has 0 saturated carbocycles. The SMILES string of the molecule is Cc1cc(COc2ccc(C3(CC(=O)Nc4nc(C)c(C)s4)CCN(C(CC(C)C)C(=O)NO)C3=O)cc2)cc(C)n1. The van der Waals surface area contributed by atoms with Crippen LogP contribution < -0.4 is 15.5 Å². The molecule has 0 spiro atoms. The number of hydroxylamine groups is 1. The van der Waals surface area contributed by atoms with Gasteiger partial charge in [0.1, 0.15) is 18.4 Å². The molecule has 2 aromatic heterocycles. The van der Waals surface area contributed by atoms with Crippen molar-refractivity contribution in [1.82, 2.24) is 20.3 Å². The maximum Gasteiger partial charge on any atom is 0.266 e. The summed E-state index contributed by atoms with van der Waals surface area (Å²) in [5.41, 5.74) is 4.86. The molecule has 3 heterocycles. The van der Waals surface area contributed by atoms with E-state index in [1.54, 1.807) is 17.6 Å². The van der Waals surface area contributed by atoms with Gasteiger partial charge in [-0.2, -0.15) is 0 Å².